The number of fused-ring (bicyclic) bond motifs is 1. The molecule has 0 saturated heterocycles. The Hall–Kier alpha value is -4.33. The van der Waals surface area contributed by atoms with Gasteiger partial charge in [-0.1, -0.05) is 30.3 Å². The standard InChI is InChI=1S/C25H21FN6O/c1-2-31-16-18(14-27-31)23-13-21(20-8-3-4-9-22(20)28-23)25(33)29-24-10-11-32(30-24)15-17-6-5-7-19(26)12-17/h3-14,16H,2,15H2,1H3,(H,29,30,33). The SMILES string of the molecule is CCn1cc(-c2cc(C(=O)Nc3ccn(Cc4cccc(F)c4)n3)c3ccccc3n2)cn1. The van der Waals surface area contributed by atoms with Crippen molar-refractivity contribution in [1.82, 2.24) is 24.5 Å². The van der Waals surface area contributed by atoms with Crippen LogP contribution in [0.25, 0.3) is 22.2 Å². The molecule has 7 nitrogen and oxygen atoms in total. The van der Waals surface area contributed by atoms with Crippen LogP contribution in [0.1, 0.15) is 22.8 Å². The largest absolute Gasteiger partial charge is 0.305 e. The van der Waals surface area contributed by atoms with E-state index in [1.165, 1.54) is 12.1 Å². The molecule has 164 valence electrons. The number of carbonyl (C=O) groups excluding carboxylic acids is 1. The van der Waals surface area contributed by atoms with Crippen LogP contribution < -0.4 is 5.32 Å². The first-order chi connectivity index (χ1) is 16.1. The zero-order valence-corrected chi connectivity index (χ0v) is 17.9. The van der Waals surface area contributed by atoms with E-state index >= 15 is 0 Å². The minimum atomic E-state index is -0.293. The number of aromatic nitrogens is 5. The topological polar surface area (TPSA) is 77.6 Å². The Bertz CT molecular complexity index is 1450. The highest BCUT2D eigenvalue weighted by Gasteiger charge is 2.16. The lowest BCUT2D eigenvalue weighted by Gasteiger charge is -2.09. The molecule has 1 amide bonds. The Labute approximate surface area is 189 Å². The number of hydrogen-bond acceptors (Lipinski definition) is 4. The van der Waals surface area contributed by atoms with Crippen LogP contribution in [-0.4, -0.2) is 30.5 Å². The molecule has 3 heterocycles. The first-order valence-electron chi connectivity index (χ1n) is 10.6. The summed E-state index contributed by atoms with van der Waals surface area (Å²) in [6.45, 7) is 3.16. The zero-order chi connectivity index (χ0) is 22.8. The van der Waals surface area contributed by atoms with Gasteiger partial charge in [-0.3, -0.25) is 14.2 Å². The number of benzene rings is 2. The summed E-state index contributed by atoms with van der Waals surface area (Å²) in [5.41, 5.74) is 3.53. The summed E-state index contributed by atoms with van der Waals surface area (Å²) in [6, 6.07) is 17.4. The molecule has 8 heteroatoms. The molecule has 0 bridgehead atoms. The molecule has 0 aliphatic rings. The van der Waals surface area contributed by atoms with Crippen LogP contribution in [0, 0.1) is 5.82 Å². The van der Waals surface area contributed by atoms with Gasteiger partial charge in [0.1, 0.15) is 5.82 Å². The van der Waals surface area contributed by atoms with Crippen LogP contribution in [0.15, 0.2) is 79.3 Å². The number of carbonyl (C=O) groups is 1. The number of pyridine rings is 1. The van der Waals surface area contributed by atoms with Crippen molar-refractivity contribution in [2.24, 2.45) is 0 Å². The lowest BCUT2D eigenvalue weighted by molar-refractivity contribution is 0.102. The molecule has 0 radical (unpaired) electrons. The third-order valence-corrected chi connectivity index (χ3v) is 5.33. The molecule has 33 heavy (non-hydrogen) atoms. The van der Waals surface area contributed by atoms with E-state index in [2.05, 4.69) is 15.5 Å². The highest BCUT2D eigenvalue weighted by atomic mass is 19.1. The normalized spacial score (nSPS) is 11.1. The van der Waals surface area contributed by atoms with Crippen molar-refractivity contribution in [3.8, 4) is 11.3 Å². The first-order valence-corrected chi connectivity index (χ1v) is 10.6. The van der Waals surface area contributed by atoms with Crippen molar-refractivity contribution in [3.63, 3.8) is 0 Å². The summed E-state index contributed by atoms with van der Waals surface area (Å²) in [6.07, 6.45) is 5.40. The van der Waals surface area contributed by atoms with Crippen molar-refractivity contribution in [3.05, 3.63) is 96.2 Å². The number of nitrogens with one attached hydrogen (secondary N) is 1. The second kappa shape index (κ2) is 8.66. The quantitative estimate of drug-likeness (QED) is 0.413. The lowest BCUT2D eigenvalue weighted by Crippen LogP contribution is -2.14. The maximum Gasteiger partial charge on any atom is 0.257 e. The Kier molecular flexibility index (Phi) is 5.40. The van der Waals surface area contributed by atoms with E-state index in [1.54, 1.807) is 35.3 Å². The van der Waals surface area contributed by atoms with E-state index in [-0.39, 0.29) is 11.7 Å². The Balaban J connectivity index is 1.43. The van der Waals surface area contributed by atoms with Crippen LogP contribution in [0.2, 0.25) is 0 Å². The van der Waals surface area contributed by atoms with E-state index in [1.807, 2.05) is 48.1 Å². The van der Waals surface area contributed by atoms with Gasteiger partial charge < -0.3 is 5.32 Å². The second-order valence-electron chi connectivity index (χ2n) is 7.64. The van der Waals surface area contributed by atoms with Crippen molar-refractivity contribution < 1.29 is 9.18 Å². The molecule has 0 saturated carbocycles. The Morgan fingerprint density at radius 1 is 1.06 bits per heavy atom. The van der Waals surface area contributed by atoms with Crippen LogP contribution in [0.4, 0.5) is 10.2 Å². The summed E-state index contributed by atoms with van der Waals surface area (Å²) in [7, 11) is 0. The van der Waals surface area contributed by atoms with Gasteiger partial charge in [-0.05, 0) is 36.8 Å². The number of anilines is 1. The fourth-order valence-electron chi connectivity index (χ4n) is 3.70. The monoisotopic (exact) mass is 440 g/mol. The predicted octanol–water partition coefficient (Wildman–Crippen LogP) is 4.75. The van der Waals surface area contributed by atoms with Crippen molar-refractivity contribution >= 4 is 22.6 Å². The molecule has 3 aromatic heterocycles. The Morgan fingerprint density at radius 3 is 2.76 bits per heavy atom. The molecule has 2 aromatic carbocycles. The molecule has 1 N–H and O–H groups in total. The van der Waals surface area contributed by atoms with Gasteiger partial charge in [0, 0.05) is 36.0 Å². The first kappa shape index (κ1) is 20.6. The fourth-order valence-corrected chi connectivity index (χ4v) is 3.70. The number of hydrogen-bond donors (Lipinski definition) is 1. The van der Waals surface area contributed by atoms with E-state index in [9.17, 15) is 9.18 Å². The van der Waals surface area contributed by atoms with Gasteiger partial charge >= 0.3 is 0 Å². The van der Waals surface area contributed by atoms with Crippen molar-refractivity contribution in [1.29, 1.82) is 0 Å². The molecule has 0 unspecified atom stereocenters. The van der Waals surface area contributed by atoms with Gasteiger partial charge in [-0.15, -0.1) is 0 Å². The predicted molar refractivity (Wildman–Crippen MR) is 124 cm³/mol. The molecule has 0 fully saturated rings. The zero-order valence-electron chi connectivity index (χ0n) is 17.9. The number of amides is 1. The smallest absolute Gasteiger partial charge is 0.257 e. The summed E-state index contributed by atoms with van der Waals surface area (Å²) in [5.74, 6) is -0.163. The fraction of sp³-hybridized carbons (Fsp3) is 0.120. The van der Waals surface area contributed by atoms with E-state index < -0.39 is 0 Å². The number of nitrogens with zero attached hydrogens (tertiary/aromatic N) is 5. The van der Waals surface area contributed by atoms with Crippen LogP contribution in [0.3, 0.4) is 0 Å². The highest BCUT2D eigenvalue weighted by Crippen LogP contribution is 2.25. The number of aryl methyl sites for hydroxylation is 1. The number of rotatable bonds is 6. The summed E-state index contributed by atoms with van der Waals surface area (Å²) >= 11 is 0. The molecule has 5 aromatic rings. The average Bonchev–Trinajstić information content (AvgIpc) is 3.48. The minimum Gasteiger partial charge on any atom is -0.305 e. The van der Waals surface area contributed by atoms with E-state index in [4.69, 9.17) is 4.98 Å². The van der Waals surface area contributed by atoms with Crippen molar-refractivity contribution in [2.75, 3.05) is 5.32 Å². The van der Waals surface area contributed by atoms with Crippen molar-refractivity contribution in [2.45, 2.75) is 20.0 Å². The molecular weight excluding hydrogens is 419 g/mol. The van der Waals surface area contributed by atoms with Gasteiger partial charge in [-0.25, -0.2) is 9.37 Å². The Morgan fingerprint density at radius 2 is 1.94 bits per heavy atom. The van der Waals surface area contributed by atoms with Gasteiger partial charge in [-0.2, -0.15) is 10.2 Å². The molecule has 0 atom stereocenters. The van der Waals surface area contributed by atoms with Crippen LogP contribution in [-0.2, 0) is 13.1 Å². The third-order valence-electron chi connectivity index (χ3n) is 5.33. The molecule has 0 aliphatic carbocycles. The van der Waals surface area contributed by atoms with E-state index in [0.29, 0.717) is 23.6 Å². The second-order valence-corrected chi connectivity index (χ2v) is 7.64. The maximum absolute atomic E-state index is 13.4. The summed E-state index contributed by atoms with van der Waals surface area (Å²) in [5, 5.41) is 12.3. The molecular formula is C25H21FN6O. The highest BCUT2D eigenvalue weighted by molar-refractivity contribution is 6.12. The number of para-hydroxylation sites is 1. The molecule has 5 rings (SSSR count). The lowest BCUT2D eigenvalue weighted by atomic mass is 10.0. The molecule has 0 aliphatic heterocycles. The summed E-state index contributed by atoms with van der Waals surface area (Å²) in [4.78, 5) is 17.9. The minimum absolute atomic E-state index is 0.284. The number of halogens is 1. The maximum atomic E-state index is 13.4. The molecule has 0 spiro atoms. The third kappa shape index (κ3) is 4.36. The van der Waals surface area contributed by atoms with Gasteiger partial charge in [0.2, 0.25) is 0 Å². The van der Waals surface area contributed by atoms with Gasteiger partial charge in [0.15, 0.2) is 5.82 Å². The van der Waals surface area contributed by atoms with Gasteiger partial charge in [0.25, 0.3) is 5.91 Å². The van der Waals surface area contributed by atoms with Crippen LogP contribution in [0.5, 0.6) is 0 Å². The average molecular weight is 440 g/mol. The van der Waals surface area contributed by atoms with Gasteiger partial charge in [0.05, 0.1) is 29.5 Å². The van der Waals surface area contributed by atoms with Crippen LogP contribution >= 0.6 is 0 Å². The summed E-state index contributed by atoms with van der Waals surface area (Å²) < 4.78 is 16.9. The van der Waals surface area contributed by atoms with E-state index in [0.717, 1.165) is 28.6 Å².